The van der Waals surface area contributed by atoms with Gasteiger partial charge in [0.1, 0.15) is 25.3 Å². The predicted molar refractivity (Wildman–Crippen MR) is 131 cm³/mol. The number of rotatable bonds is 3. The van der Waals surface area contributed by atoms with E-state index in [2.05, 4.69) is 96.6 Å². The molecule has 0 atom stereocenters. The third-order valence-corrected chi connectivity index (χ3v) is 6.31. The average Bonchev–Trinajstić information content (AvgIpc) is 3.24. The molecule has 0 unspecified atom stereocenters. The van der Waals surface area contributed by atoms with E-state index in [1.165, 1.54) is 45.9 Å². The standard InChI is InChI=1S/C28H16N6/c1-2-4-17(5-3-1)19-11-24-20-7-6-18(27-31-13-29-14-32-27)10-23(20)21-8-9-22(25(12-19)26(21)24)28-33-15-30-16-34-28/h1-16H. The van der Waals surface area contributed by atoms with Crippen molar-refractivity contribution in [3.63, 3.8) is 0 Å². The van der Waals surface area contributed by atoms with E-state index in [0.29, 0.717) is 11.6 Å². The monoisotopic (exact) mass is 436 g/mol. The summed E-state index contributed by atoms with van der Waals surface area (Å²) in [4.78, 5) is 25.5. The van der Waals surface area contributed by atoms with Crippen LogP contribution >= 0.6 is 0 Å². The first-order valence-electron chi connectivity index (χ1n) is 10.9. The van der Waals surface area contributed by atoms with Crippen LogP contribution in [0.1, 0.15) is 0 Å². The van der Waals surface area contributed by atoms with Crippen LogP contribution in [0.2, 0.25) is 0 Å². The fourth-order valence-corrected chi connectivity index (χ4v) is 4.82. The first-order valence-corrected chi connectivity index (χ1v) is 10.9. The van der Waals surface area contributed by atoms with Crippen LogP contribution in [0.15, 0.2) is 98.1 Å². The van der Waals surface area contributed by atoms with Gasteiger partial charge in [-0.1, -0.05) is 48.5 Å². The molecule has 0 fully saturated rings. The fourth-order valence-electron chi connectivity index (χ4n) is 4.82. The first-order chi connectivity index (χ1) is 16.9. The van der Waals surface area contributed by atoms with Gasteiger partial charge in [-0.05, 0) is 68.4 Å². The van der Waals surface area contributed by atoms with Gasteiger partial charge >= 0.3 is 0 Å². The molecule has 0 aliphatic heterocycles. The maximum Gasteiger partial charge on any atom is 0.163 e. The van der Waals surface area contributed by atoms with Crippen molar-refractivity contribution in [3.05, 3.63) is 98.1 Å². The Morgan fingerprint density at radius 3 is 1.82 bits per heavy atom. The lowest BCUT2D eigenvalue weighted by Crippen LogP contribution is -1.91. The van der Waals surface area contributed by atoms with Crippen LogP contribution in [-0.2, 0) is 0 Å². The fraction of sp³-hybridized carbons (Fsp3) is 0. The number of hydrogen-bond acceptors (Lipinski definition) is 6. The molecule has 6 nitrogen and oxygen atoms in total. The zero-order valence-electron chi connectivity index (χ0n) is 17.9. The van der Waals surface area contributed by atoms with E-state index < -0.39 is 0 Å². The van der Waals surface area contributed by atoms with E-state index >= 15 is 0 Å². The van der Waals surface area contributed by atoms with Crippen LogP contribution in [0.3, 0.4) is 0 Å². The highest BCUT2D eigenvalue weighted by atomic mass is 15.0. The molecule has 158 valence electrons. The molecule has 0 bridgehead atoms. The Balaban J connectivity index is 1.53. The summed E-state index contributed by atoms with van der Waals surface area (Å²) in [5.74, 6) is 1.33. The highest BCUT2D eigenvalue weighted by molar-refractivity contribution is 6.19. The van der Waals surface area contributed by atoms with Crippen molar-refractivity contribution in [1.82, 2.24) is 29.9 Å². The predicted octanol–water partition coefficient (Wildman–Crippen LogP) is 5.86. The van der Waals surface area contributed by atoms with Crippen molar-refractivity contribution in [2.75, 3.05) is 0 Å². The van der Waals surface area contributed by atoms with Crippen LogP contribution in [-0.4, -0.2) is 29.9 Å². The van der Waals surface area contributed by atoms with Crippen LogP contribution in [0, 0.1) is 0 Å². The van der Waals surface area contributed by atoms with Gasteiger partial charge in [-0.25, -0.2) is 29.9 Å². The van der Waals surface area contributed by atoms with E-state index in [0.717, 1.165) is 22.1 Å². The topological polar surface area (TPSA) is 77.3 Å². The largest absolute Gasteiger partial charge is 0.225 e. The van der Waals surface area contributed by atoms with Crippen LogP contribution < -0.4 is 0 Å². The first kappa shape index (κ1) is 18.7. The van der Waals surface area contributed by atoms with Crippen LogP contribution in [0.25, 0.3) is 66.9 Å². The SMILES string of the molecule is c1ccc(-c2cc3c4c(ccc(-c5ncncn5)c4c2)-c2cc(-c4ncncn4)ccc2-3)cc1. The summed E-state index contributed by atoms with van der Waals surface area (Å²) in [6.45, 7) is 0. The molecule has 0 saturated heterocycles. The molecule has 0 spiro atoms. The van der Waals surface area contributed by atoms with Gasteiger partial charge in [0.2, 0.25) is 0 Å². The van der Waals surface area contributed by atoms with E-state index in [1.54, 1.807) is 12.7 Å². The number of benzene rings is 4. The van der Waals surface area contributed by atoms with Gasteiger partial charge in [0.25, 0.3) is 0 Å². The Morgan fingerprint density at radius 2 is 1.06 bits per heavy atom. The maximum absolute atomic E-state index is 4.44. The second-order valence-corrected chi connectivity index (χ2v) is 8.16. The lowest BCUT2D eigenvalue weighted by atomic mass is 9.93. The lowest BCUT2D eigenvalue weighted by molar-refractivity contribution is 1.06. The molecule has 7 rings (SSSR count). The summed E-state index contributed by atoms with van der Waals surface area (Å²) < 4.78 is 0. The molecule has 2 aromatic heterocycles. The third kappa shape index (κ3) is 2.82. The normalized spacial score (nSPS) is 11.5. The summed E-state index contributed by atoms with van der Waals surface area (Å²) in [7, 11) is 0. The Labute approximate surface area is 195 Å². The van der Waals surface area contributed by atoms with Gasteiger partial charge in [0.15, 0.2) is 11.6 Å². The molecular weight excluding hydrogens is 420 g/mol. The molecule has 2 heterocycles. The molecule has 6 aromatic rings. The van der Waals surface area contributed by atoms with E-state index in [9.17, 15) is 0 Å². The molecule has 1 aliphatic rings. The number of aromatic nitrogens is 6. The van der Waals surface area contributed by atoms with Gasteiger partial charge in [-0.2, -0.15) is 0 Å². The summed E-state index contributed by atoms with van der Waals surface area (Å²) in [6, 6.07) is 25.7. The molecule has 0 N–H and O–H groups in total. The second kappa shape index (κ2) is 7.35. The van der Waals surface area contributed by atoms with Crippen molar-refractivity contribution < 1.29 is 0 Å². The van der Waals surface area contributed by atoms with Gasteiger partial charge < -0.3 is 0 Å². The van der Waals surface area contributed by atoms with Crippen molar-refractivity contribution in [2.45, 2.75) is 0 Å². The molecule has 6 heteroatoms. The molecule has 0 saturated carbocycles. The minimum Gasteiger partial charge on any atom is -0.225 e. The Morgan fingerprint density at radius 1 is 0.412 bits per heavy atom. The van der Waals surface area contributed by atoms with E-state index in [4.69, 9.17) is 0 Å². The summed E-state index contributed by atoms with van der Waals surface area (Å²) in [5.41, 5.74) is 9.05. The Hall–Kier alpha value is -4.84. The Bertz CT molecular complexity index is 1680. The average molecular weight is 436 g/mol. The molecule has 0 radical (unpaired) electrons. The summed E-state index contributed by atoms with van der Waals surface area (Å²) in [5, 5.41) is 2.33. The number of nitrogens with zero attached hydrogens (tertiary/aromatic N) is 6. The minimum atomic E-state index is 0.664. The smallest absolute Gasteiger partial charge is 0.163 e. The second-order valence-electron chi connectivity index (χ2n) is 8.16. The summed E-state index contributed by atoms with van der Waals surface area (Å²) in [6.07, 6.45) is 6.13. The molecule has 1 aliphatic carbocycles. The van der Waals surface area contributed by atoms with E-state index in [1.807, 2.05) is 6.07 Å². The Kier molecular flexibility index (Phi) is 4.04. The molecule has 0 amide bonds. The van der Waals surface area contributed by atoms with Gasteiger partial charge in [-0.15, -0.1) is 0 Å². The van der Waals surface area contributed by atoms with Gasteiger partial charge in [0.05, 0.1) is 0 Å². The summed E-state index contributed by atoms with van der Waals surface area (Å²) >= 11 is 0. The zero-order valence-corrected chi connectivity index (χ0v) is 17.9. The van der Waals surface area contributed by atoms with Crippen molar-refractivity contribution in [1.29, 1.82) is 0 Å². The number of hydrogen-bond donors (Lipinski definition) is 0. The van der Waals surface area contributed by atoms with Gasteiger partial charge in [-0.3, -0.25) is 0 Å². The van der Waals surface area contributed by atoms with Crippen molar-refractivity contribution in [3.8, 4) is 56.2 Å². The quantitative estimate of drug-likeness (QED) is 0.345. The zero-order chi connectivity index (χ0) is 22.5. The van der Waals surface area contributed by atoms with Crippen LogP contribution in [0.4, 0.5) is 0 Å². The molecule has 34 heavy (non-hydrogen) atoms. The molecule has 4 aromatic carbocycles. The van der Waals surface area contributed by atoms with Crippen molar-refractivity contribution in [2.24, 2.45) is 0 Å². The number of fused-ring (bicyclic) bond motifs is 3. The molecular formula is C28H16N6. The lowest BCUT2D eigenvalue weighted by Gasteiger charge is -2.11. The van der Waals surface area contributed by atoms with E-state index in [-0.39, 0.29) is 0 Å². The maximum atomic E-state index is 4.44. The third-order valence-electron chi connectivity index (χ3n) is 6.31. The minimum absolute atomic E-state index is 0.664. The van der Waals surface area contributed by atoms with Crippen LogP contribution in [0.5, 0.6) is 0 Å². The van der Waals surface area contributed by atoms with Crippen molar-refractivity contribution >= 4 is 10.8 Å². The highest BCUT2D eigenvalue weighted by Crippen LogP contribution is 2.51. The highest BCUT2D eigenvalue weighted by Gasteiger charge is 2.25. The van der Waals surface area contributed by atoms with Gasteiger partial charge in [0, 0.05) is 11.1 Å².